The number of rotatable bonds is 2. The molecule has 2 bridgehead atoms. The Morgan fingerprint density at radius 1 is 1.40 bits per heavy atom. The number of benzene rings is 1. The smallest absolute Gasteiger partial charge is 0.357 e. The van der Waals surface area contributed by atoms with Gasteiger partial charge in [-0.25, -0.2) is 4.79 Å². The van der Waals surface area contributed by atoms with Crippen molar-refractivity contribution in [3.63, 3.8) is 0 Å². The van der Waals surface area contributed by atoms with Gasteiger partial charge in [-0.1, -0.05) is 18.2 Å². The molecule has 106 valence electrons. The van der Waals surface area contributed by atoms with Crippen LogP contribution in [0.5, 0.6) is 0 Å². The number of fused-ring (bicyclic) bond motifs is 2. The van der Waals surface area contributed by atoms with Crippen LogP contribution in [0.3, 0.4) is 0 Å². The lowest BCUT2D eigenvalue weighted by molar-refractivity contribution is -0.161. The Balaban J connectivity index is 2.14. The second kappa shape index (κ2) is 4.49. The predicted molar refractivity (Wildman–Crippen MR) is 73.1 cm³/mol. The monoisotopic (exact) mass is 275 g/mol. The first kappa shape index (κ1) is 12.9. The molecule has 1 aromatic carbocycles. The molecule has 2 saturated heterocycles. The molecule has 1 aromatic rings. The van der Waals surface area contributed by atoms with Crippen LogP contribution in [0.15, 0.2) is 30.3 Å². The number of anilines is 1. The summed E-state index contributed by atoms with van der Waals surface area (Å²) < 4.78 is 4.92. The number of esters is 1. The van der Waals surface area contributed by atoms with Gasteiger partial charge in [0, 0.05) is 24.8 Å². The van der Waals surface area contributed by atoms with Gasteiger partial charge in [-0.05, 0) is 19.2 Å². The Kier molecular flexibility index (Phi) is 2.90. The molecular weight excluding hydrogens is 258 g/mol. The zero-order valence-corrected chi connectivity index (χ0v) is 11.5. The number of carbonyl (C=O) groups is 2. The van der Waals surface area contributed by atoms with E-state index in [9.17, 15) is 9.59 Å². The van der Waals surface area contributed by atoms with Gasteiger partial charge in [-0.2, -0.15) is 0 Å². The van der Waals surface area contributed by atoms with Crippen molar-refractivity contribution in [3.05, 3.63) is 30.3 Å². The average molecular weight is 275 g/mol. The van der Waals surface area contributed by atoms with Crippen molar-refractivity contribution in [2.45, 2.75) is 11.7 Å². The van der Waals surface area contributed by atoms with Crippen LogP contribution in [0, 0.1) is 0 Å². The highest BCUT2D eigenvalue weighted by Crippen LogP contribution is 2.37. The Labute approximate surface area is 117 Å². The number of nitrogens with one attached hydrogen (secondary N) is 1. The number of amides is 1. The molecule has 2 fully saturated rings. The van der Waals surface area contributed by atoms with E-state index in [1.807, 2.05) is 40.1 Å². The third-order valence-electron chi connectivity index (χ3n) is 4.19. The number of piperazine rings is 1. The summed E-state index contributed by atoms with van der Waals surface area (Å²) in [4.78, 5) is 28.5. The molecule has 2 aliphatic heterocycles. The summed E-state index contributed by atoms with van der Waals surface area (Å²) in [6, 6.07) is 9.56. The van der Waals surface area contributed by atoms with Gasteiger partial charge in [-0.3, -0.25) is 9.69 Å². The van der Waals surface area contributed by atoms with Crippen LogP contribution in [0.25, 0.3) is 0 Å². The lowest BCUT2D eigenvalue weighted by Gasteiger charge is -2.41. The summed E-state index contributed by atoms with van der Waals surface area (Å²) in [5.74, 6) is -0.881. The lowest BCUT2D eigenvalue weighted by Crippen LogP contribution is -2.71. The van der Waals surface area contributed by atoms with Crippen LogP contribution in [0.2, 0.25) is 0 Å². The predicted octanol–water partition coefficient (Wildman–Crippen LogP) is -0.194. The summed E-state index contributed by atoms with van der Waals surface area (Å²) in [7, 11) is 3.10. The van der Waals surface area contributed by atoms with E-state index < -0.39 is 11.6 Å². The van der Waals surface area contributed by atoms with Gasteiger partial charge >= 0.3 is 5.97 Å². The third kappa shape index (κ3) is 1.48. The normalized spacial score (nSPS) is 29.2. The molecule has 2 heterocycles. The molecule has 3 rings (SSSR count). The van der Waals surface area contributed by atoms with Crippen LogP contribution < -0.4 is 10.2 Å². The van der Waals surface area contributed by atoms with Gasteiger partial charge in [0.25, 0.3) is 11.6 Å². The molecule has 2 aliphatic rings. The van der Waals surface area contributed by atoms with E-state index in [-0.39, 0.29) is 11.9 Å². The van der Waals surface area contributed by atoms with Gasteiger partial charge in [0.1, 0.15) is 0 Å². The Hall–Kier alpha value is -2.08. The van der Waals surface area contributed by atoms with Gasteiger partial charge in [0.05, 0.1) is 7.11 Å². The van der Waals surface area contributed by atoms with Gasteiger partial charge < -0.3 is 15.0 Å². The Morgan fingerprint density at radius 2 is 2.10 bits per heavy atom. The highest BCUT2D eigenvalue weighted by Gasteiger charge is 2.64. The van der Waals surface area contributed by atoms with Crippen LogP contribution >= 0.6 is 0 Å². The maximum atomic E-state index is 12.5. The minimum atomic E-state index is -1.40. The number of ether oxygens (including phenoxy) is 1. The molecule has 0 aliphatic carbocycles. The van der Waals surface area contributed by atoms with Gasteiger partial charge in [-0.15, -0.1) is 0 Å². The van der Waals surface area contributed by atoms with Crippen LogP contribution in [-0.4, -0.2) is 55.7 Å². The maximum Gasteiger partial charge on any atom is 0.357 e. The molecule has 0 saturated carbocycles. The standard InChI is InChI=1S/C14H17N3O3/c1-16-11-8-15-12(18)14(16,13(19)20-2)17(9-11)10-6-4-3-5-7-10/h3-7,11H,8-9H2,1-2H3,(H,15,18). The Bertz CT molecular complexity index is 538. The van der Waals surface area contributed by atoms with Crippen LogP contribution in [-0.2, 0) is 14.3 Å². The minimum absolute atomic E-state index is 0.0898. The Morgan fingerprint density at radius 3 is 2.75 bits per heavy atom. The fraction of sp³-hybridized carbons (Fsp3) is 0.429. The van der Waals surface area contributed by atoms with Gasteiger partial charge in [0.2, 0.25) is 0 Å². The number of hydrogen-bond donors (Lipinski definition) is 1. The molecule has 1 N–H and O–H groups in total. The molecule has 6 nitrogen and oxygen atoms in total. The van der Waals surface area contributed by atoms with E-state index in [2.05, 4.69) is 5.32 Å². The largest absolute Gasteiger partial charge is 0.466 e. The topological polar surface area (TPSA) is 61.9 Å². The molecule has 2 atom stereocenters. The second-order valence-electron chi connectivity index (χ2n) is 5.08. The quantitative estimate of drug-likeness (QED) is 0.598. The summed E-state index contributed by atoms with van der Waals surface area (Å²) in [5.41, 5.74) is -0.566. The molecule has 2 unspecified atom stereocenters. The van der Waals surface area contributed by atoms with Crippen LogP contribution in [0.4, 0.5) is 5.69 Å². The van der Waals surface area contributed by atoms with Crippen molar-refractivity contribution in [3.8, 4) is 0 Å². The third-order valence-corrected chi connectivity index (χ3v) is 4.19. The first-order valence-electron chi connectivity index (χ1n) is 6.54. The van der Waals surface area contributed by atoms with Crippen molar-refractivity contribution in [2.24, 2.45) is 0 Å². The highest BCUT2D eigenvalue weighted by atomic mass is 16.5. The summed E-state index contributed by atoms with van der Waals surface area (Å²) in [6.45, 7) is 1.14. The summed E-state index contributed by atoms with van der Waals surface area (Å²) in [6.07, 6.45) is 0. The number of para-hydroxylation sites is 1. The number of carbonyl (C=O) groups excluding carboxylic acids is 2. The molecule has 0 aromatic heterocycles. The zero-order valence-electron chi connectivity index (χ0n) is 11.5. The molecular formula is C14H17N3O3. The maximum absolute atomic E-state index is 12.5. The second-order valence-corrected chi connectivity index (χ2v) is 5.08. The van der Waals surface area contributed by atoms with Crippen molar-refractivity contribution < 1.29 is 14.3 Å². The van der Waals surface area contributed by atoms with E-state index in [0.29, 0.717) is 13.1 Å². The highest BCUT2D eigenvalue weighted by molar-refractivity contribution is 6.11. The molecule has 1 amide bonds. The van der Waals surface area contributed by atoms with E-state index in [0.717, 1.165) is 5.69 Å². The van der Waals surface area contributed by atoms with Crippen LogP contribution in [0.1, 0.15) is 0 Å². The van der Waals surface area contributed by atoms with E-state index in [4.69, 9.17) is 4.74 Å². The fourth-order valence-corrected chi connectivity index (χ4v) is 3.13. The number of likely N-dealkylation sites (N-methyl/N-ethyl adjacent to an activating group) is 1. The van der Waals surface area contributed by atoms with Crippen molar-refractivity contribution in [1.82, 2.24) is 10.2 Å². The van der Waals surface area contributed by atoms with Crippen molar-refractivity contribution >= 4 is 17.6 Å². The van der Waals surface area contributed by atoms with Crippen molar-refractivity contribution in [1.29, 1.82) is 0 Å². The first-order chi connectivity index (χ1) is 9.62. The summed E-state index contributed by atoms with van der Waals surface area (Å²) >= 11 is 0. The summed E-state index contributed by atoms with van der Waals surface area (Å²) in [5, 5.41) is 2.81. The van der Waals surface area contributed by atoms with E-state index in [1.54, 1.807) is 7.05 Å². The minimum Gasteiger partial charge on any atom is -0.466 e. The number of nitrogens with zero attached hydrogens (tertiary/aromatic N) is 2. The average Bonchev–Trinajstić information content (AvgIpc) is 2.68. The molecule has 20 heavy (non-hydrogen) atoms. The number of methoxy groups -OCH3 is 1. The zero-order chi connectivity index (χ0) is 14.3. The molecule has 6 heteroatoms. The van der Waals surface area contributed by atoms with Crippen molar-refractivity contribution in [2.75, 3.05) is 32.1 Å². The van der Waals surface area contributed by atoms with Gasteiger partial charge in [0.15, 0.2) is 0 Å². The lowest BCUT2D eigenvalue weighted by atomic mass is 10.0. The number of hydrogen-bond acceptors (Lipinski definition) is 5. The van der Waals surface area contributed by atoms with E-state index >= 15 is 0 Å². The fourth-order valence-electron chi connectivity index (χ4n) is 3.13. The SMILES string of the molecule is COC(=O)C12C(=O)NCC(CN1c1ccccc1)N2C. The molecule has 0 spiro atoms. The van der Waals surface area contributed by atoms with E-state index in [1.165, 1.54) is 7.11 Å². The first-order valence-corrected chi connectivity index (χ1v) is 6.54. The molecule has 0 radical (unpaired) electrons.